The van der Waals surface area contributed by atoms with Crippen LogP contribution in [0.3, 0.4) is 0 Å². The van der Waals surface area contributed by atoms with Crippen LogP contribution in [0, 0.1) is 5.41 Å². The number of rotatable bonds is 8. The Kier molecular flexibility index (Phi) is 6.94. The molecular formula is C20H30N4O2. The van der Waals surface area contributed by atoms with E-state index in [0.29, 0.717) is 5.41 Å². The number of aromatic nitrogens is 2. The molecule has 0 fully saturated rings. The van der Waals surface area contributed by atoms with Gasteiger partial charge in [0, 0.05) is 19.2 Å². The number of hydroxylamine groups is 1. The van der Waals surface area contributed by atoms with Gasteiger partial charge in [-0.1, -0.05) is 33.8 Å². The average molecular weight is 358 g/mol. The fourth-order valence-electron chi connectivity index (χ4n) is 2.74. The van der Waals surface area contributed by atoms with E-state index >= 15 is 0 Å². The fourth-order valence-corrected chi connectivity index (χ4v) is 2.74. The number of nitrogens with zero attached hydrogens (tertiary/aromatic N) is 3. The van der Waals surface area contributed by atoms with E-state index in [9.17, 15) is 4.79 Å². The number of hydrogen-bond acceptors (Lipinski definition) is 4. The molecular weight excluding hydrogens is 328 g/mol. The zero-order valence-corrected chi connectivity index (χ0v) is 16.2. The summed E-state index contributed by atoms with van der Waals surface area (Å²) in [6.07, 6.45) is 5.99. The molecule has 2 aromatic rings. The third kappa shape index (κ3) is 5.97. The molecule has 6 heteroatoms. The van der Waals surface area contributed by atoms with Gasteiger partial charge in [0.15, 0.2) is 0 Å². The Morgan fingerprint density at radius 2 is 2.12 bits per heavy atom. The largest absolute Gasteiger partial charge is 0.329 e. The van der Waals surface area contributed by atoms with Gasteiger partial charge in [0.2, 0.25) is 0 Å². The van der Waals surface area contributed by atoms with Crippen LogP contribution in [0.2, 0.25) is 0 Å². The highest BCUT2D eigenvalue weighted by Crippen LogP contribution is 2.19. The minimum Gasteiger partial charge on any atom is -0.329 e. The second-order valence-corrected chi connectivity index (χ2v) is 7.74. The minimum absolute atomic E-state index is 0.353. The van der Waals surface area contributed by atoms with Crippen LogP contribution in [0.5, 0.6) is 0 Å². The molecule has 1 aromatic heterocycles. The van der Waals surface area contributed by atoms with Gasteiger partial charge in [-0.2, -0.15) is 0 Å². The first-order valence-electron chi connectivity index (χ1n) is 9.12. The van der Waals surface area contributed by atoms with E-state index < -0.39 is 5.91 Å². The molecule has 0 saturated heterocycles. The molecule has 0 radical (unpaired) electrons. The number of carbonyl (C=O) groups is 1. The summed E-state index contributed by atoms with van der Waals surface area (Å²) in [5.74, 6) is -0.550. The van der Waals surface area contributed by atoms with Crippen molar-refractivity contribution in [1.82, 2.24) is 19.9 Å². The highest BCUT2D eigenvalue weighted by atomic mass is 16.5. The van der Waals surface area contributed by atoms with Crippen LogP contribution in [0.4, 0.5) is 0 Å². The normalized spacial score (nSPS) is 12.4. The number of likely N-dealkylation sites (N-methyl/N-ethyl adjacent to an activating group) is 1. The van der Waals surface area contributed by atoms with E-state index in [1.165, 1.54) is 12.5 Å². The highest BCUT2D eigenvalue weighted by Gasteiger charge is 2.13. The summed E-state index contributed by atoms with van der Waals surface area (Å²) >= 11 is 0. The molecule has 0 aliphatic heterocycles. The van der Waals surface area contributed by atoms with Crippen LogP contribution >= 0.6 is 0 Å². The van der Waals surface area contributed by atoms with E-state index in [0.717, 1.165) is 42.8 Å². The maximum absolute atomic E-state index is 11.1. The zero-order valence-electron chi connectivity index (χ0n) is 16.2. The lowest BCUT2D eigenvalue weighted by molar-refractivity contribution is -0.124. The molecule has 0 aliphatic carbocycles. The third-order valence-electron chi connectivity index (χ3n) is 4.46. The van der Waals surface area contributed by atoms with Gasteiger partial charge in [-0.15, -0.1) is 0 Å². The van der Waals surface area contributed by atoms with Crippen LogP contribution in [-0.2, 0) is 11.3 Å². The Hall–Kier alpha value is -2.18. The number of benzene rings is 1. The lowest BCUT2D eigenvalue weighted by Gasteiger charge is -2.25. The maximum atomic E-state index is 11.1. The van der Waals surface area contributed by atoms with Crippen molar-refractivity contribution in [1.29, 1.82) is 0 Å². The Bertz CT molecular complexity index is 759. The van der Waals surface area contributed by atoms with Crippen molar-refractivity contribution in [3.05, 3.63) is 36.2 Å². The lowest BCUT2D eigenvalue weighted by atomic mass is 9.92. The summed E-state index contributed by atoms with van der Waals surface area (Å²) in [5.41, 5.74) is 4.78. The second kappa shape index (κ2) is 8.96. The number of imidazole rings is 1. The number of fused-ring (bicyclic) bond motifs is 1. The second-order valence-electron chi connectivity index (χ2n) is 7.74. The molecule has 2 N–H and O–H groups in total. The summed E-state index contributed by atoms with van der Waals surface area (Å²) in [6.45, 7) is 13.1. The van der Waals surface area contributed by atoms with Crippen molar-refractivity contribution < 1.29 is 10.0 Å². The van der Waals surface area contributed by atoms with Crippen molar-refractivity contribution >= 4 is 23.0 Å². The Balaban J connectivity index is 2.02. The number of hydrogen-bond donors (Lipinski definition) is 2. The molecule has 26 heavy (non-hydrogen) atoms. The molecule has 0 unspecified atom stereocenters. The summed E-state index contributed by atoms with van der Waals surface area (Å²) in [5, 5.41) is 8.52. The van der Waals surface area contributed by atoms with Crippen molar-refractivity contribution in [2.24, 2.45) is 5.41 Å². The first kappa shape index (κ1) is 20.1. The molecule has 1 aromatic carbocycles. The standard InChI is InChI=1S/C20H30N4O2/c1-5-23(11-10-20(2,3)4)12-13-24-15-21-17-14-16(6-8-18(17)24)7-9-19(25)22-26/h6-9,14-15,26H,5,10-13H2,1-4H3,(H,22,25)/b9-7+. The molecule has 0 aliphatic rings. The average Bonchev–Trinajstić information content (AvgIpc) is 3.01. The van der Waals surface area contributed by atoms with Gasteiger partial charge < -0.3 is 9.47 Å². The van der Waals surface area contributed by atoms with E-state index in [2.05, 4.69) is 42.1 Å². The van der Waals surface area contributed by atoms with E-state index in [1.54, 1.807) is 11.6 Å². The molecule has 0 atom stereocenters. The van der Waals surface area contributed by atoms with Crippen LogP contribution in [0.15, 0.2) is 30.6 Å². The molecule has 1 amide bonds. The molecule has 2 rings (SSSR count). The zero-order chi connectivity index (χ0) is 19.2. The fraction of sp³-hybridized carbons (Fsp3) is 0.500. The van der Waals surface area contributed by atoms with Crippen LogP contribution in [-0.4, -0.2) is 45.2 Å². The summed E-state index contributed by atoms with van der Waals surface area (Å²) < 4.78 is 2.17. The SMILES string of the molecule is CCN(CCn1cnc2cc(/C=C/C(=O)NO)ccc21)CCC(C)(C)C. The molecule has 0 bridgehead atoms. The van der Waals surface area contributed by atoms with Gasteiger partial charge in [0.1, 0.15) is 0 Å². The molecule has 0 saturated carbocycles. The predicted octanol–water partition coefficient (Wildman–Crippen LogP) is 3.31. The van der Waals surface area contributed by atoms with Gasteiger partial charge in [-0.05, 0) is 48.7 Å². The van der Waals surface area contributed by atoms with E-state index in [1.807, 2.05) is 24.5 Å². The molecule has 142 valence electrons. The van der Waals surface area contributed by atoms with Crippen molar-refractivity contribution in [2.45, 2.75) is 40.7 Å². The first-order valence-corrected chi connectivity index (χ1v) is 9.12. The van der Waals surface area contributed by atoms with Gasteiger partial charge in [0.25, 0.3) is 5.91 Å². The Morgan fingerprint density at radius 3 is 2.77 bits per heavy atom. The molecule has 1 heterocycles. The number of carbonyl (C=O) groups excluding carboxylic acids is 1. The van der Waals surface area contributed by atoms with Crippen LogP contribution < -0.4 is 5.48 Å². The number of amides is 1. The summed E-state index contributed by atoms with van der Waals surface area (Å²) in [4.78, 5) is 18.0. The van der Waals surface area contributed by atoms with Gasteiger partial charge in [-0.25, -0.2) is 10.5 Å². The third-order valence-corrected chi connectivity index (χ3v) is 4.46. The Morgan fingerprint density at radius 1 is 1.35 bits per heavy atom. The highest BCUT2D eigenvalue weighted by molar-refractivity contribution is 5.91. The van der Waals surface area contributed by atoms with Crippen molar-refractivity contribution in [2.75, 3.05) is 19.6 Å². The van der Waals surface area contributed by atoms with Crippen molar-refractivity contribution in [3.8, 4) is 0 Å². The maximum Gasteiger partial charge on any atom is 0.267 e. The van der Waals surface area contributed by atoms with Crippen molar-refractivity contribution in [3.63, 3.8) is 0 Å². The van der Waals surface area contributed by atoms with Crippen LogP contribution in [0.1, 0.15) is 39.7 Å². The summed E-state index contributed by atoms with van der Waals surface area (Å²) in [6, 6.07) is 5.90. The number of nitrogens with one attached hydrogen (secondary N) is 1. The van der Waals surface area contributed by atoms with Crippen LogP contribution in [0.25, 0.3) is 17.1 Å². The quantitative estimate of drug-likeness (QED) is 0.431. The molecule has 6 nitrogen and oxygen atoms in total. The minimum atomic E-state index is -0.550. The van der Waals surface area contributed by atoms with Gasteiger partial charge >= 0.3 is 0 Å². The monoisotopic (exact) mass is 358 g/mol. The lowest BCUT2D eigenvalue weighted by Crippen LogP contribution is -2.30. The van der Waals surface area contributed by atoms with Gasteiger partial charge in [0.05, 0.1) is 17.4 Å². The summed E-state index contributed by atoms with van der Waals surface area (Å²) in [7, 11) is 0. The smallest absolute Gasteiger partial charge is 0.267 e. The van der Waals surface area contributed by atoms with E-state index in [-0.39, 0.29) is 0 Å². The topological polar surface area (TPSA) is 70.4 Å². The predicted molar refractivity (Wildman–Crippen MR) is 105 cm³/mol. The first-order chi connectivity index (χ1) is 12.3. The Labute approximate surface area is 155 Å². The van der Waals surface area contributed by atoms with E-state index in [4.69, 9.17) is 5.21 Å². The molecule has 0 spiro atoms. The van der Waals surface area contributed by atoms with Gasteiger partial charge in [-0.3, -0.25) is 10.0 Å².